The van der Waals surface area contributed by atoms with Crippen LogP contribution < -0.4 is 0 Å². The smallest absolute Gasteiger partial charge is 0.0733 e. The zero-order chi connectivity index (χ0) is 10.5. The van der Waals surface area contributed by atoms with E-state index in [1.165, 1.54) is 10.9 Å². The third-order valence-electron chi connectivity index (χ3n) is 2.53. The highest BCUT2D eigenvalue weighted by atomic mass is 14.6. The molecule has 0 saturated carbocycles. The molecule has 0 aliphatic rings. The molecule has 0 spiro atoms. The van der Waals surface area contributed by atoms with E-state index >= 15 is 0 Å². The molecule has 0 atom stereocenters. The van der Waals surface area contributed by atoms with Gasteiger partial charge < -0.3 is 0 Å². The highest BCUT2D eigenvalue weighted by Gasteiger charge is 1.99. The molecule has 2 rings (SSSR count). The lowest BCUT2D eigenvalue weighted by Crippen LogP contribution is -1.88. The Morgan fingerprint density at radius 2 is 2.07 bits per heavy atom. The summed E-state index contributed by atoms with van der Waals surface area (Å²) in [5, 5.41) is 1.23. The van der Waals surface area contributed by atoms with Crippen molar-refractivity contribution in [3.05, 3.63) is 54.2 Å². The van der Waals surface area contributed by atoms with Crippen molar-refractivity contribution >= 4 is 10.9 Å². The molecule has 0 fully saturated rings. The molecule has 1 heteroatoms. The van der Waals surface area contributed by atoms with Crippen LogP contribution in [0.25, 0.3) is 10.9 Å². The molecule has 15 heavy (non-hydrogen) atoms. The van der Waals surface area contributed by atoms with E-state index in [0.29, 0.717) is 0 Å². The first-order valence-corrected chi connectivity index (χ1v) is 5.35. The Labute approximate surface area is 90.5 Å². The van der Waals surface area contributed by atoms with E-state index in [1.54, 1.807) is 0 Å². The third-order valence-corrected chi connectivity index (χ3v) is 2.53. The lowest BCUT2D eigenvalue weighted by molar-refractivity contribution is 1.00. The molecule has 1 nitrogen and oxygen atoms in total. The van der Waals surface area contributed by atoms with Crippen molar-refractivity contribution in [1.82, 2.24) is 4.98 Å². The summed E-state index contributed by atoms with van der Waals surface area (Å²) < 4.78 is 0. The van der Waals surface area contributed by atoms with Gasteiger partial charge in [0.15, 0.2) is 0 Å². The number of para-hydroxylation sites is 1. The lowest BCUT2D eigenvalue weighted by Gasteiger charge is -2.03. The fourth-order valence-electron chi connectivity index (χ4n) is 1.77. The van der Waals surface area contributed by atoms with Crippen molar-refractivity contribution in [2.24, 2.45) is 0 Å². The Hall–Kier alpha value is -1.63. The van der Waals surface area contributed by atoms with Crippen LogP contribution in [0.1, 0.15) is 18.9 Å². The summed E-state index contributed by atoms with van der Waals surface area (Å²) in [5.74, 6) is 0. The molecule has 0 aliphatic heterocycles. The first-order valence-electron chi connectivity index (χ1n) is 5.35. The maximum Gasteiger partial charge on any atom is 0.0733 e. The second-order valence-electron chi connectivity index (χ2n) is 3.60. The third kappa shape index (κ3) is 2.24. The number of rotatable bonds is 3. The van der Waals surface area contributed by atoms with Crippen LogP contribution in [0.15, 0.2) is 48.7 Å². The standard InChI is InChI=1S/C14H15N/c1-2-3-4-7-12-8-5-9-13-10-6-11-15-14(12)13/h2-3,5-6,8-11H,4,7H2,1H3/b3-2+. The van der Waals surface area contributed by atoms with Gasteiger partial charge in [0.25, 0.3) is 0 Å². The summed E-state index contributed by atoms with van der Waals surface area (Å²) in [4.78, 5) is 4.44. The molecule has 0 saturated heterocycles. The van der Waals surface area contributed by atoms with Gasteiger partial charge >= 0.3 is 0 Å². The van der Waals surface area contributed by atoms with E-state index in [1.807, 2.05) is 12.3 Å². The van der Waals surface area contributed by atoms with Crippen LogP contribution in [-0.4, -0.2) is 4.98 Å². The number of benzene rings is 1. The summed E-state index contributed by atoms with van der Waals surface area (Å²) in [5.41, 5.74) is 2.48. The van der Waals surface area contributed by atoms with Gasteiger partial charge in [-0.25, -0.2) is 0 Å². The Balaban J connectivity index is 2.34. The minimum absolute atomic E-state index is 1.07. The molecule has 0 unspecified atom stereocenters. The summed E-state index contributed by atoms with van der Waals surface area (Å²) >= 11 is 0. The van der Waals surface area contributed by atoms with Crippen LogP contribution in [0.5, 0.6) is 0 Å². The van der Waals surface area contributed by atoms with Gasteiger partial charge in [0.2, 0.25) is 0 Å². The number of hydrogen-bond donors (Lipinski definition) is 0. The Morgan fingerprint density at radius 3 is 2.93 bits per heavy atom. The summed E-state index contributed by atoms with van der Waals surface area (Å²) in [6.45, 7) is 2.06. The van der Waals surface area contributed by atoms with Crippen LogP contribution >= 0.6 is 0 Å². The van der Waals surface area contributed by atoms with Crippen molar-refractivity contribution in [2.45, 2.75) is 19.8 Å². The van der Waals surface area contributed by atoms with Gasteiger partial charge in [0.1, 0.15) is 0 Å². The van der Waals surface area contributed by atoms with Crippen LogP contribution in [-0.2, 0) is 6.42 Å². The van der Waals surface area contributed by atoms with Gasteiger partial charge in [-0.3, -0.25) is 4.98 Å². The largest absolute Gasteiger partial charge is 0.256 e. The van der Waals surface area contributed by atoms with E-state index in [2.05, 4.69) is 48.3 Å². The molecule has 1 aromatic heterocycles. The second-order valence-corrected chi connectivity index (χ2v) is 3.60. The number of aromatic nitrogens is 1. The molecular formula is C14H15N. The quantitative estimate of drug-likeness (QED) is 0.683. The molecule has 1 aromatic carbocycles. The lowest BCUT2D eigenvalue weighted by atomic mass is 10.1. The van der Waals surface area contributed by atoms with Gasteiger partial charge in [-0.15, -0.1) is 0 Å². The van der Waals surface area contributed by atoms with Crippen LogP contribution in [0, 0.1) is 0 Å². The van der Waals surface area contributed by atoms with E-state index in [0.717, 1.165) is 18.4 Å². The van der Waals surface area contributed by atoms with Crippen molar-refractivity contribution in [1.29, 1.82) is 0 Å². The monoisotopic (exact) mass is 197 g/mol. The molecule has 1 heterocycles. The Morgan fingerprint density at radius 1 is 1.20 bits per heavy atom. The minimum Gasteiger partial charge on any atom is -0.256 e. The SMILES string of the molecule is C/C=C/CCc1cccc2cccnc12. The molecule has 0 radical (unpaired) electrons. The minimum atomic E-state index is 1.07. The molecule has 76 valence electrons. The number of hydrogen-bond acceptors (Lipinski definition) is 1. The maximum atomic E-state index is 4.44. The average molecular weight is 197 g/mol. The first-order chi connectivity index (χ1) is 7.42. The van der Waals surface area contributed by atoms with Crippen LogP contribution in [0.2, 0.25) is 0 Å². The predicted octanol–water partition coefficient (Wildman–Crippen LogP) is 3.74. The highest BCUT2D eigenvalue weighted by Crippen LogP contribution is 2.17. The van der Waals surface area contributed by atoms with E-state index in [-0.39, 0.29) is 0 Å². The van der Waals surface area contributed by atoms with E-state index in [4.69, 9.17) is 0 Å². The van der Waals surface area contributed by atoms with Gasteiger partial charge in [-0.1, -0.05) is 36.4 Å². The number of fused-ring (bicyclic) bond motifs is 1. The fourth-order valence-corrected chi connectivity index (χ4v) is 1.77. The molecule has 0 amide bonds. The molecule has 0 N–H and O–H groups in total. The molecule has 2 aromatic rings. The number of allylic oxidation sites excluding steroid dienone is 2. The first kappa shape index (κ1) is 9.91. The van der Waals surface area contributed by atoms with Crippen LogP contribution in [0.3, 0.4) is 0 Å². The second kappa shape index (κ2) is 4.74. The predicted molar refractivity (Wildman–Crippen MR) is 64.9 cm³/mol. The zero-order valence-corrected chi connectivity index (χ0v) is 8.98. The van der Waals surface area contributed by atoms with Crippen molar-refractivity contribution < 1.29 is 0 Å². The van der Waals surface area contributed by atoms with Gasteiger partial charge in [0.05, 0.1) is 5.52 Å². The molecular weight excluding hydrogens is 182 g/mol. The summed E-state index contributed by atoms with van der Waals surface area (Å²) in [6.07, 6.45) is 8.31. The van der Waals surface area contributed by atoms with Gasteiger partial charge in [-0.2, -0.15) is 0 Å². The highest BCUT2D eigenvalue weighted by molar-refractivity contribution is 5.81. The fraction of sp³-hybridized carbons (Fsp3) is 0.214. The maximum absolute atomic E-state index is 4.44. The number of pyridine rings is 1. The Bertz CT molecular complexity index is 466. The normalized spacial score (nSPS) is 11.3. The van der Waals surface area contributed by atoms with Gasteiger partial charge in [0, 0.05) is 11.6 Å². The molecule has 0 bridgehead atoms. The van der Waals surface area contributed by atoms with Gasteiger partial charge in [-0.05, 0) is 31.4 Å². The van der Waals surface area contributed by atoms with Crippen LogP contribution in [0.4, 0.5) is 0 Å². The average Bonchev–Trinajstić information content (AvgIpc) is 2.30. The number of nitrogens with zero attached hydrogens (tertiary/aromatic N) is 1. The number of aryl methyl sites for hydroxylation is 1. The van der Waals surface area contributed by atoms with Crippen molar-refractivity contribution in [2.75, 3.05) is 0 Å². The zero-order valence-electron chi connectivity index (χ0n) is 8.98. The van der Waals surface area contributed by atoms with Crippen molar-refractivity contribution in [3.8, 4) is 0 Å². The summed E-state index contributed by atoms with van der Waals surface area (Å²) in [7, 11) is 0. The Kier molecular flexibility index (Phi) is 3.13. The molecule has 0 aliphatic carbocycles. The van der Waals surface area contributed by atoms with E-state index in [9.17, 15) is 0 Å². The topological polar surface area (TPSA) is 12.9 Å². The van der Waals surface area contributed by atoms with Crippen molar-refractivity contribution in [3.63, 3.8) is 0 Å². The van der Waals surface area contributed by atoms with E-state index < -0.39 is 0 Å². The summed E-state index contributed by atoms with van der Waals surface area (Å²) in [6, 6.07) is 10.5.